The fourth-order valence-corrected chi connectivity index (χ4v) is 8.12. The van der Waals surface area contributed by atoms with E-state index < -0.39 is 8.32 Å². The number of thioether (sulfide) groups is 1. The Balaban J connectivity index is 1.48. The van der Waals surface area contributed by atoms with Gasteiger partial charge in [0.25, 0.3) is 0 Å². The molecule has 0 spiro atoms. The highest BCUT2D eigenvalue weighted by Crippen LogP contribution is 2.38. The lowest BCUT2D eigenvalue weighted by Gasteiger charge is -2.41. The zero-order valence-corrected chi connectivity index (χ0v) is 30.0. The van der Waals surface area contributed by atoms with E-state index in [1.54, 1.807) is 17.1 Å². The SMILES string of the molecule is COC(=O)c1ccc(CCN2C(=O)SC=CN2CCC(Cc2cccc(C#Cc3sccc3C#N)c2)O[Si](C)(C)C(C)(C)C)s1. The predicted octanol–water partition coefficient (Wildman–Crippen LogP) is 8.29. The maximum absolute atomic E-state index is 13.0. The molecular weight excluding hydrogens is 639 g/mol. The van der Waals surface area contributed by atoms with Crippen LogP contribution in [0, 0.1) is 23.2 Å². The fourth-order valence-electron chi connectivity index (χ4n) is 4.49. The molecule has 0 radical (unpaired) electrons. The minimum absolute atomic E-state index is 0.0271. The smallest absolute Gasteiger partial charge is 0.348 e. The Bertz CT molecular complexity index is 1640. The van der Waals surface area contributed by atoms with Crippen molar-refractivity contribution in [1.29, 1.82) is 5.26 Å². The average Bonchev–Trinajstić information content (AvgIpc) is 3.67. The third-order valence-corrected chi connectivity index (χ3v) is 15.1. The van der Waals surface area contributed by atoms with E-state index in [-0.39, 0.29) is 22.4 Å². The summed E-state index contributed by atoms with van der Waals surface area (Å²) >= 11 is 4.05. The molecule has 1 amide bonds. The summed E-state index contributed by atoms with van der Waals surface area (Å²) in [6, 6.07) is 15.9. The fraction of sp³-hybridized carbons (Fsp3) is 0.382. The number of nitriles is 1. The lowest BCUT2D eigenvalue weighted by molar-refractivity contribution is 0.0567. The number of hydrogen-bond donors (Lipinski definition) is 0. The van der Waals surface area contributed by atoms with Gasteiger partial charge < -0.3 is 9.16 Å². The van der Waals surface area contributed by atoms with Crippen molar-refractivity contribution in [2.75, 3.05) is 20.2 Å². The molecule has 1 atom stereocenters. The number of amides is 1. The predicted molar refractivity (Wildman–Crippen MR) is 187 cm³/mol. The molecule has 11 heteroatoms. The van der Waals surface area contributed by atoms with Crippen molar-refractivity contribution in [3.63, 3.8) is 0 Å². The number of ether oxygens (including phenoxy) is 1. The molecule has 0 N–H and O–H groups in total. The first kappa shape index (κ1) is 34.5. The number of benzene rings is 1. The highest BCUT2D eigenvalue weighted by Gasteiger charge is 2.39. The van der Waals surface area contributed by atoms with E-state index in [2.05, 4.69) is 63.9 Å². The number of methoxy groups -OCH3 is 1. The van der Waals surface area contributed by atoms with Crippen LogP contribution in [0.1, 0.15) is 63.3 Å². The van der Waals surface area contributed by atoms with Crippen molar-refractivity contribution in [3.8, 4) is 17.9 Å². The summed E-state index contributed by atoms with van der Waals surface area (Å²) in [6.45, 7) is 12.4. The molecule has 236 valence electrons. The molecule has 7 nitrogen and oxygen atoms in total. The molecule has 0 bridgehead atoms. The highest BCUT2D eigenvalue weighted by atomic mass is 32.2. The van der Waals surface area contributed by atoms with E-state index in [9.17, 15) is 14.9 Å². The summed E-state index contributed by atoms with van der Waals surface area (Å²) in [5.41, 5.74) is 2.63. The van der Waals surface area contributed by atoms with E-state index in [0.29, 0.717) is 30.0 Å². The summed E-state index contributed by atoms with van der Waals surface area (Å²) in [5, 5.41) is 16.8. The van der Waals surface area contributed by atoms with Crippen LogP contribution in [0.25, 0.3) is 0 Å². The number of carbonyl (C=O) groups is 2. The van der Waals surface area contributed by atoms with Gasteiger partial charge in [-0.3, -0.25) is 9.80 Å². The Kier molecular flexibility index (Phi) is 11.8. The molecule has 0 saturated carbocycles. The van der Waals surface area contributed by atoms with Crippen LogP contribution >= 0.6 is 34.4 Å². The second kappa shape index (κ2) is 15.3. The number of rotatable bonds is 11. The molecule has 2 aromatic heterocycles. The van der Waals surface area contributed by atoms with Crippen molar-refractivity contribution < 1.29 is 18.8 Å². The number of hydrogen-bond acceptors (Lipinski definition) is 9. The Morgan fingerprint density at radius 3 is 2.64 bits per heavy atom. The lowest BCUT2D eigenvalue weighted by Crippen LogP contribution is -2.47. The molecule has 3 aromatic rings. The zero-order chi connectivity index (χ0) is 32.6. The minimum Gasteiger partial charge on any atom is -0.465 e. The Labute approximate surface area is 279 Å². The average molecular weight is 678 g/mol. The van der Waals surface area contributed by atoms with E-state index in [0.717, 1.165) is 33.7 Å². The van der Waals surface area contributed by atoms with Crippen molar-refractivity contribution >= 4 is 54.0 Å². The summed E-state index contributed by atoms with van der Waals surface area (Å²) in [7, 11) is -0.723. The molecular formula is C34H39N3O4S3Si. The third kappa shape index (κ3) is 9.35. The summed E-state index contributed by atoms with van der Waals surface area (Å²) < 4.78 is 11.8. The first-order valence-electron chi connectivity index (χ1n) is 14.7. The molecule has 45 heavy (non-hydrogen) atoms. The van der Waals surface area contributed by atoms with Crippen molar-refractivity contribution in [2.24, 2.45) is 0 Å². The molecule has 1 aliphatic rings. The molecule has 1 aromatic carbocycles. The molecule has 1 unspecified atom stereocenters. The van der Waals surface area contributed by atoms with Gasteiger partial charge in [0.1, 0.15) is 10.9 Å². The van der Waals surface area contributed by atoms with Crippen LogP contribution in [-0.4, -0.2) is 55.8 Å². The maximum atomic E-state index is 13.0. The van der Waals surface area contributed by atoms with Crippen LogP contribution in [0.15, 0.2) is 59.5 Å². The van der Waals surface area contributed by atoms with Gasteiger partial charge in [-0.1, -0.05) is 38.8 Å². The van der Waals surface area contributed by atoms with Gasteiger partial charge in [0.2, 0.25) is 0 Å². The number of esters is 1. The normalized spacial score (nSPS) is 14.1. The van der Waals surface area contributed by atoms with Gasteiger partial charge in [0, 0.05) is 36.2 Å². The van der Waals surface area contributed by atoms with Crippen LogP contribution in [0.2, 0.25) is 18.1 Å². The van der Waals surface area contributed by atoms with Crippen molar-refractivity contribution in [2.45, 2.75) is 64.3 Å². The van der Waals surface area contributed by atoms with Crippen LogP contribution in [0.4, 0.5) is 4.79 Å². The van der Waals surface area contributed by atoms with Gasteiger partial charge >= 0.3 is 11.2 Å². The first-order chi connectivity index (χ1) is 21.4. The number of thiophene rings is 2. The Morgan fingerprint density at radius 1 is 1.11 bits per heavy atom. The molecule has 3 heterocycles. The number of hydrazine groups is 1. The summed E-state index contributed by atoms with van der Waals surface area (Å²) in [5.74, 6) is 6.04. The van der Waals surface area contributed by atoms with Crippen molar-refractivity contribution in [3.05, 3.63) is 90.8 Å². The molecule has 0 saturated heterocycles. The number of nitrogens with zero attached hydrogens (tertiary/aromatic N) is 3. The van der Waals surface area contributed by atoms with Crippen LogP contribution in [-0.2, 0) is 22.0 Å². The molecule has 0 fully saturated rings. The van der Waals surface area contributed by atoms with E-state index in [4.69, 9.17) is 9.16 Å². The second-order valence-electron chi connectivity index (χ2n) is 12.2. The molecule has 1 aliphatic heterocycles. The highest BCUT2D eigenvalue weighted by molar-refractivity contribution is 8.16. The second-order valence-corrected chi connectivity index (χ2v) is 19.9. The molecule has 4 rings (SSSR count). The lowest BCUT2D eigenvalue weighted by atomic mass is 10.0. The van der Waals surface area contributed by atoms with Crippen molar-refractivity contribution in [1.82, 2.24) is 10.0 Å². The zero-order valence-electron chi connectivity index (χ0n) is 26.6. The van der Waals surface area contributed by atoms with Gasteiger partial charge in [-0.15, -0.1) is 22.7 Å². The van der Waals surface area contributed by atoms with Gasteiger partial charge in [-0.25, -0.2) is 9.80 Å². The maximum Gasteiger partial charge on any atom is 0.348 e. The van der Waals surface area contributed by atoms with Gasteiger partial charge in [0.15, 0.2) is 8.32 Å². The van der Waals surface area contributed by atoms with Crippen LogP contribution < -0.4 is 0 Å². The van der Waals surface area contributed by atoms with Gasteiger partial charge in [0.05, 0.1) is 23.7 Å². The minimum atomic E-state index is -2.10. The number of carbonyl (C=O) groups excluding carboxylic acids is 2. The first-order valence-corrected chi connectivity index (χ1v) is 20.2. The topological polar surface area (TPSA) is 82.9 Å². The van der Waals surface area contributed by atoms with E-state index >= 15 is 0 Å². The largest absolute Gasteiger partial charge is 0.465 e. The van der Waals surface area contributed by atoms with E-state index in [1.165, 1.54) is 41.5 Å². The summed E-state index contributed by atoms with van der Waals surface area (Å²) in [6.07, 6.45) is 3.98. The summed E-state index contributed by atoms with van der Waals surface area (Å²) in [4.78, 5) is 27.2. The van der Waals surface area contributed by atoms with Gasteiger partial charge in [-0.05, 0) is 95.3 Å². The van der Waals surface area contributed by atoms with E-state index in [1.807, 2.05) is 40.2 Å². The quantitative estimate of drug-likeness (QED) is 0.115. The van der Waals surface area contributed by atoms with Crippen LogP contribution in [0.5, 0.6) is 0 Å². The monoisotopic (exact) mass is 677 g/mol. The van der Waals surface area contributed by atoms with Crippen LogP contribution in [0.3, 0.4) is 0 Å². The van der Waals surface area contributed by atoms with Gasteiger partial charge in [-0.2, -0.15) is 5.26 Å². The molecule has 0 aliphatic carbocycles. The standard InChI is InChI=1S/C34H39N3O4S3Si/c1-34(2,3)45(5,6)41-28(23-26-9-7-8-25(22-26)10-12-30-27(24-35)16-20-42-30)14-17-36-19-21-43-33(39)37(36)18-15-29-11-13-31(44-29)32(38)40-4/h7-9,11,13,16,19-22,28H,14-15,17-18,23H2,1-6H3. The Morgan fingerprint density at radius 2 is 1.91 bits per heavy atom. The Hall–Kier alpha value is -3.32. The third-order valence-electron chi connectivity index (χ3n) is 7.98.